The summed E-state index contributed by atoms with van der Waals surface area (Å²) in [4.78, 5) is 59.4. The lowest BCUT2D eigenvalue weighted by Gasteiger charge is -2.30. The molecule has 1 aliphatic rings. The summed E-state index contributed by atoms with van der Waals surface area (Å²) in [5, 5.41) is 1.87. The van der Waals surface area contributed by atoms with Gasteiger partial charge in [0.25, 0.3) is 11.5 Å². The third kappa shape index (κ3) is 4.70. The number of carbonyl (C=O) groups is 2. The van der Waals surface area contributed by atoms with Crippen LogP contribution in [0.1, 0.15) is 55.0 Å². The smallest absolute Gasteiger partial charge is 0.330 e. The third-order valence-electron chi connectivity index (χ3n) is 6.21. The molecular weight excluding hydrogens is 458 g/mol. The SMILES string of the molecule is CCCCn1c(=O)[nH]c(=O)c2c1nc(COC(=O)C1CCN(C(=O)c3cccs3)CC1)n2CC. The first kappa shape index (κ1) is 23.9. The number of ether oxygens (including phenoxy) is 1. The number of amides is 1. The molecule has 1 amide bonds. The number of likely N-dealkylation sites (tertiary alicyclic amines) is 1. The highest BCUT2D eigenvalue weighted by atomic mass is 32.1. The number of aromatic nitrogens is 4. The van der Waals surface area contributed by atoms with Crippen molar-refractivity contribution in [3.8, 4) is 0 Å². The van der Waals surface area contributed by atoms with E-state index in [2.05, 4.69) is 9.97 Å². The Morgan fingerprint density at radius 1 is 1.21 bits per heavy atom. The Hall–Kier alpha value is -3.21. The summed E-state index contributed by atoms with van der Waals surface area (Å²) < 4.78 is 8.73. The van der Waals surface area contributed by atoms with Crippen LogP contribution in [0, 0.1) is 5.92 Å². The lowest BCUT2D eigenvalue weighted by molar-refractivity contribution is -0.151. The molecule has 0 radical (unpaired) electrons. The van der Waals surface area contributed by atoms with Crippen molar-refractivity contribution >= 4 is 34.4 Å². The van der Waals surface area contributed by atoms with Gasteiger partial charge in [-0.05, 0) is 37.6 Å². The number of piperidine rings is 1. The predicted molar refractivity (Wildman–Crippen MR) is 128 cm³/mol. The largest absolute Gasteiger partial charge is 0.457 e. The van der Waals surface area contributed by atoms with Crippen LogP contribution in [0.2, 0.25) is 0 Å². The fourth-order valence-corrected chi connectivity index (χ4v) is 5.01. The van der Waals surface area contributed by atoms with E-state index < -0.39 is 11.2 Å². The van der Waals surface area contributed by atoms with Gasteiger partial charge < -0.3 is 14.2 Å². The number of imidazole rings is 1. The highest BCUT2D eigenvalue weighted by Crippen LogP contribution is 2.22. The van der Waals surface area contributed by atoms with Gasteiger partial charge in [0.05, 0.1) is 10.8 Å². The molecule has 182 valence electrons. The molecule has 1 saturated heterocycles. The van der Waals surface area contributed by atoms with Crippen LogP contribution in [0.25, 0.3) is 11.2 Å². The Bertz CT molecular complexity index is 1280. The summed E-state index contributed by atoms with van der Waals surface area (Å²) in [7, 11) is 0. The predicted octanol–water partition coefficient (Wildman–Crippen LogP) is 2.36. The van der Waals surface area contributed by atoms with Crippen LogP contribution in [0.5, 0.6) is 0 Å². The number of rotatable bonds is 8. The monoisotopic (exact) mass is 487 g/mol. The zero-order valence-corrected chi connectivity index (χ0v) is 20.2. The number of fused-ring (bicyclic) bond motifs is 1. The van der Waals surface area contributed by atoms with E-state index >= 15 is 0 Å². The number of H-pyrrole nitrogens is 1. The quantitative estimate of drug-likeness (QED) is 0.487. The molecule has 4 rings (SSSR count). The highest BCUT2D eigenvalue weighted by molar-refractivity contribution is 7.12. The van der Waals surface area contributed by atoms with E-state index in [0.717, 1.165) is 12.8 Å². The van der Waals surface area contributed by atoms with Gasteiger partial charge in [0.15, 0.2) is 11.2 Å². The van der Waals surface area contributed by atoms with Gasteiger partial charge in [-0.2, -0.15) is 0 Å². The summed E-state index contributed by atoms with van der Waals surface area (Å²) in [6, 6.07) is 3.66. The molecule has 0 saturated carbocycles. The molecule has 11 heteroatoms. The Morgan fingerprint density at radius 3 is 2.62 bits per heavy atom. The van der Waals surface area contributed by atoms with Crippen molar-refractivity contribution in [1.82, 2.24) is 24.0 Å². The lowest BCUT2D eigenvalue weighted by atomic mass is 9.97. The Kier molecular flexibility index (Phi) is 7.30. The zero-order chi connectivity index (χ0) is 24.2. The maximum Gasteiger partial charge on any atom is 0.330 e. The van der Waals surface area contributed by atoms with Gasteiger partial charge in [0.2, 0.25) is 0 Å². The van der Waals surface area contributed by atoms with E-state index in [1.807, 2.05) is 25.3 Å². The molecular formula is C23H29N5O5S. The van der Waals surface area contributed by atoms with E-state index in [1.165, 1.54) is 15.9 Å². The Morgan fingerprint density at radius 2 is 1.97 bits per heavy atom. The van der Waals surface area contributed by atoms with Gasteiger partial charge in [-0.15, -0.1) is 11.3 Å². The average Bonchev–Trinajstić information content (AvgIpc) is 3.50. The van der Waals surface area contributed by atoms with Gasteiger partial charge in [-0.1, -0.05) is 19.4 Å². The molecule has 0 atom stereocenters. The van der Waals surface area contributed by atoms with Crippen LogP contribution in [0.4, 0.5) is 0 Å². The number of hydrogen-bond donors (Lipinski definition) is 1. The zero-order valence-electron chi connectivity index (χ0n) is 19.4. The van der Waals surface area contributed by atoms with E-state index in [4.69, 9.17) is 4.74 Å². The Labute approximate surface area is 200 Å². The second-order valence-corrected chi connectivity index (χ2v) is 9.31. The first-order valence-electron chi connectivity index (χ1n) is 11.7. The fourth-order valence-electron chi connectivity index (χ4n) is 4.32. The second kappa shape index (κ2) is 10.4. The average molecular weight is 488 g/mol. The fraction of sp³-hybridized carbons (Fsp3) is 0.522. The molecule has 0 aliphatic carbocycles. The van der Waals surface area contributed by atoms with Crippen molar-refractivity contribution < 1.29 is 14.3 Å². The van der Waals surface area contributed by atoms with Crippen molar-refractivity contribution in [2.45, 2.75) is 59.2 Å². The molecule has 1 N–H and O–H groups in total. The van der Waals surface area contributed by atoms with Gasteiger partial charge in [0, 0.05) is 26.2 Å². The number of aryl methyl sites for hydroxylation is 2. The van der Waals surface area contributed by atoms with Crippen molar-refractivity contribution in [3.63, 3.8) is 0 Å². The molecule has 1 fully saturated rings. The van der Waals surface area contributed by atoms with Crippen molar-refractivity contribution in [1.29, 1.82) is 0 Å². The number of unbranched alkanes of at least 4 members (excludes halogenated alkanes) is 1. The molecule has 34 heavy (non-hydrogen) atoms. The molecule has 0 spiro atoms. The maximum absolute atomic E-state index is 12.7. The minimum absolute atomic E-state index is 0.00202. The molecule has 3 aromatic heterocycles. The molecule has 0 bridgehead atoms. The maximum atomic E-state index is 12.7. The number of hydrogen-bond acceptors (Lipinski definition) is 7. The number of esters is 1. The number of carbonyl (C=O) groups excluding carboxylic acids is 2. The number of aromatic amines is 1. The topological polar surface area (TPSA) is 119 Å². The van der Waals surface area contributed by atoms with E-state index in [1.54, 1.807) is 15.5 Å². The molecule has 3 aromatic rings. The second-order valence-electron chi connectivity index (χ2n) is 8.36. The molecule has 10 nitrogen and oxygen atoms in total. The minimum atomic E-state index is -0.498. The van der Waals surface area contributed by atoms with Crippen LogP contribution in [-0.2, 0) is 29.2 Å². The third-order valence-corrected chi connectivity index (χ3v) is 7.06. The lowest BCUT2D eigenvalue weighted by Crippen LogP contribution is -2.40. The van der Waals surface area contributed by atoms with Crippen LogP contribution in [-0.4, -0.2) is 49.0 Å². The van der Waals surface area contributed by atoms with E-state index in [-0.39, 0.29) is 24.4 Å². The summed E-state index contributed by atoms with van der Waals surface area (Å²) >= 11 is 1.41. The summed E-state index contributed by atoms with van der Waals surface area (Å²) in [5.74, 6) is -0.205. The van der Waals surface area contributed by atoms with Gasteiger partial charge in [-0.3, -0.25) is 23.9 Å². The van der Waals surface area contributed by atoms with Crippen LogP contribution >= 0.6 is 11.3 Å². The van der Waals surface area contributed by atoms with Crippen LogP contribution in [0.15, 0.2) is 27.1 Å². The first-order chi connectivity index (χ1) is 16.4. The van der Waals surface area contributed by atoms with Gasteiger partial charge >= 0.3 is 11.7 Å². The van der Waals surface area contributed by atoms with E-state index in [0.29, 0.717) is 60.9 Å². The van der Waals surface area contributed by atoms with Gasteiger partial charge in [-0.25, -0.2) is 9.78 Å². The van der Waals surface area contributed by atoms with Crippen LogP contribution < -0.4 is 11.2 Å². The van der Waals surface area contributed by atoms with Crippen molar-refractivity contribution in [3.05, 3.63) is 49.1 Å². The summed E-state index contributed by atoms with van der Waals surface area (Å²) in [6.45, 7) is 5.70. The highest BCUT2D eigenvalue weighted by Gasteiger charge is 2.29. The van der Waals surface area contributed by atoms with Gasteiger partial charge in [0.1, 0.15) is 12.4 Å². The summed E-state index contributed by atoms with van der Waals surface area (Å²) in [5.41, 5.74) is -0.360. The summed E-state index contributed by atoms with van der Waals surface area (Å²) in [6.07, 6.45) is 2.74. The minimum Gasteiger partial charge on any atom is -0.457 e. The normalized spacial score (nSPS) is 14.6. The van der Waals surface area contributed by atoms with Crippen molar-refractivity contribution in [2.75, 3.05) is 13.1 Å². The number of nitrogens with zero attached hydrogens (tertiary/aromatic N) is 4. The molecule has 1 aliphatic heterocycles. The Balaban J connectivity index is 1.44. The van der Waals surface area contributed by atoms with E-state index in [9.17, 15) is 19.2 Å². The first-order valence-corrected chi connectivity index (χ1v) is 12.5. The van der Waals surface area contributed by atoms with Crippen LogP contribution in [0.3, 0.4) is 0 Å². The molecule has 0 aromatic carbocycles. The standard InChI is InChI=1S/C23H29N5O5S/c1-3-5-10-28-19-18(20(29)25-23(28)32)27(4-2)17(24-19)14-33-22(31)15-8-11-26(12-9-15)21(30)16-7-6-13-34-16/h6-7,13,15H,3-5,8-12,14H2,1-2H3,(H,25,29,32). The van der Waals surface area contributed by atoms with Crippen molar-refractivity contribution in [2.24, 2.45) is 5.92 Å². The number of nitrogens with one attached hydrogen (secondary N) is 1. The number of thiophene rings is 1. The molecule has 4 heterocycles. The molecule has 0 unspecified atom stereocenters.